The Bertz CT molecular complexity index is 2180. The fraction of sp³-hybridized carbons (Fsp3) is 0.408. The summed E-state index contributed by atoms with van der Waals surface area (Å²) in [7, 11) is 0. The maximum Gasteiger partial charge on any atom is 0.227 e. The van der Waals surface area contributed by atoms with Crippen LogP contribution in [0.2, 0.25) is 0 Å². The van der Waals surface area contributed by atoms with Crippen molar-refractivity contribution in [2.75, 3.05) is 23.7 Å². The number of nitrogens with zero attached hydrogens (tertiary/aromatic N) is 5. The maximum atomic E-state index is 13.4. The molecule has 4 atom stereocenters. The van der Waals surface area contributed by atoms with Gasteiger partial charge in [-0.1, -0.05) is 12.1 Å². The average Bonchev–Trinajstić information content (AvgIpc) is 3.97. The topological polar surface area (TPSA) is 169 Å². The number of ether oxygens (including phenoxy) is 2. The van der Waals surface area contributed by atoms with Crippen molar-refractivity contribution in [2.45, 2.75) is 116 Å². The summed E-state index contributed by atoms with van der Waals surface area (Å²) in [5, 5.41) is 5.97. The summed E-state index contributed by atoms with van der Waals surface area (Å²) >= 11 is 0. The van der Waals surface area contributed by atoms with Crippen molar-refractivity contribution in [3.8, 4) is 22.8 Å². The highest BCUT2D eigenvalue weighted by Crippen LogP contribution is 2.31. The zero-order valence-electron chi connectivity index (χ0n) is 36.9. The molecule has 5 aromatic rings. The van der Waals surface area contributed by atoms with Gasteiger partial charge in [-0.15, -0.1) is 0 Å². The number of benzene rings is 2. The predicted molar refractivity (Wildman–Crippen MR) is 239 cm³/mol. The molecule has 2 aliphatic rings. The summed E-state index contributed by atoms with van der Waals surface area (Å²) in [6.45, 7) is 12.8. The van der Waals surface area contributed by atoms with Crippen molar-refractivity contribution < 1.29 is 33.1 Å². The fourth-order valence-electron chi connectivity index (χ4n) is 8.28. The summed E-state index contributed by atoms with van der Waals surface area (Å²) in [6.07, 6.45) is 9.84. The fourth-order valence-corrected chi connectivity index (χ4v) is 8.28. The van der Waals surface area contributed by atoms with Gasteiger partial charge >= 0.3 is 0 Å². The molecule has 7 rings (SSSR count). The molecule has 0 aliphatic carbocycles. The highest BCUT2D eigenvalue weighted by molar-refractivity contribution is 5.93. The number of nitrogens with one attached hydrogen (secondary N) is 2. The standard InChI is InChI=1S/C49H57N7O7/c1-48(2,3)62-40-23-38(55(30-40)45(59)21-32-9-7-19-50-27-32)25-43(57)53-36-15-11-34(12-16-36)42-29-52-47(61-42)35-13-17-37(18-14-35)54-44(58)26-39-24-41(63-49(4,5)6)31-56(39)46(60)22-33-10-8-20-51-28-33/h7-20,27-29,38-41H,21-26,30-31H2,1-6H3,(H,53,57)(H,54,58)/t38-,39-,40+,41+/m0/s1. The Morgan fingerprint density at radius 2 is 1.08 bits per heavy atom. The van der Waals surface area contributed by atoms with Gasteiger partial charge in [0.1, 0.15) is 0 Å². The van der Waals surface area contributed by atoms with E-state index in [4.69, 9.17) is 13.9 Å². The van der Waals surface area contributed by atoms with Crippen LogP contribution in [0.25, 0.3) is 22.8 Å². The molecule has 14 heteroatoms. The number of amides is 4. The lowest BCUT2D eigenvalue weighted by atomic mass is 10.1. The first kappa shape index (κ1) is 44.8. The largest absolute Gasteiger partial charge is 0.436 e. The molecule has 2 fully saturated rings. The van der Waals surface area contributed by atoms with Crippen molar-refractivity contribution in [3.63, 3.8) is 0 Å². The second kappa shape index (κ2) is 19.4. The third-order valence-electron chi connectivity index (χ3n) is 10.8. The SMILES string of the molecule is CC(C)(C)O[C@@H]1C[C@@H](CC(=O)Nc2ccc(-c3cnc(-c4ccc(NC(=O)C[C@@H]5C[C@@H](OC(C)(C)C)CN5C(=O)Cc5cccnc5)cc4)o3)cc2)N(C(=O)Cc2cccnc2)C1. The number of anilines is 2. The Labute approximate surface area is 368 Å². The molecule has 2 N–H and O–H groups in total. The van der Waals surface area contributed by atoms with Crippen LogP contribution < -0.4 is 10.6 Å². The van der Waals surface area contributed by atoms with Crippen LogP contribution in [0.15, 0.2) is 108 Å². The summed E-state index contributed by atoms with van der Waals surface area (Å²) in [6, 6.07) is 21.3. The first-order valence-electron chi connectivity index (χ1n) is 21.5. The van der Waals surface area contributed by atoms with Crippen molar-refractivity contribution >= 4 is 35.0 Å². The van der Waals surface area contributed by atoms with Crippen molar-refractivity contribution in [3.05, 3.63) is 115 Å². The van der Waals surface area contributed by atoms with Gasteiger partial charge in [-0.25, -0.2) is 4.98 Å². The van der Waals surface area contributed by atoms with Gasteiger partial charge in [0.15, 0.2) is 5.76 Å². The second-order valence-electron chi connectivity index (χ2n) is 18.3. The number of rotatable bonds is 14. The minimum absolute atomic E-state index is 0.0601. The highest BCUT2D eigenvalue weighted by atomic mass is 16.5. The summed E-state index contributed by atoms with van der Waals surface area (Å²) in [4.78, 5) is 69.8. The van der Waals surface area contributed by atoms with Crippen LogP contribution in [-0.4, -0.2) is 97.0 Å². The smallest absolute Gasteiger partial charge is 0.227 e. The summed E-state index contributed by atoms with van der Waals surface area (Å²) in [5.74, 6) is 0.437. The molecule has 2 saturated heterocycles. The average molecular weight is 856 g/mol. The van der Waals surface area contributed by atoms with E-state index in [0.29, 0.717) is 49.0 Å². The summed E-state index contributed by atoms with van der Waals surface area (Å²) < 4.78 is 18.6. The highest BCUT2D eigenvalue weighted by Gasteiger charge is 2.40. The van der Waals surface area contributed by atoms with E-state index >= 15 is 0 Å². The Balaban J connectivity index is 0.923. The van der Waals surface area contributed by atoms with E-state index in [-0.39, 0.29) is 84.8 Å². The second-order valence-corrected chi connectivity index (χ2v) is 18.3. The molecule has 2 aliphatic heterocycles. The number of carbonyl (C=O) groups excluding carboxylic acids is 4. The molecule has 0 unspecified atom stereocenters. The van der Waals surface area contributed by atoms with Crippen LogP contribution in [0, 0.1) is 0 Å². The van der Waals surface area contributed by atoms with Gasteiger partial charge in [0, 0.05) is 85.3 Å². The van der Waals surface area contributed by atoms with E-state index in [2.05, 4.69) is 25.6 Å². The van der Waals surface area contributed by atoms with Gasteiger partial charge in [0.25, 0.3) is 0 Å². The number of carbonyl (C=O) groups is 4. The van der Waals surface area contributed by atoms with E-state index < -0.39 is 0 Å². The molecule has 63 heavy (non-hydrogen) atoms. The predicted octanol–water partition coefficient (Wildman–Crippen LogP) is 7.51. The number of aromatic nitrogens is 3. The normalized spacial score (nSPS) is 19.0. The lowest BCUT2D eigenvalue weighted by Crippen LogP contribution is -2.39. The van der Waals surface area contributed by atoms with E-state index in [1.165, 1.54) is 0 Å². The molecule has 4 amide bonds. The number of pyridine rings is 2. The molecule has 330 valence electrons. The lowest BCUT2D eigenvalue weighted by Gasteiger charge is -2.25. The molecule has 0 bridgehead atoms. The Morgan fingerprint density at radius 1 is 0.635 bits per heavy atom. The van der Waals surface area contributed by atoms with Crippen LogP contribution in [0.1, 0.15) is 78.4 Å². The monoisotopic (exact) mass is 855 g/mol. The third kappa shape index (κ3) is 12.7. The van der Waals surface area contributed by atoms with E-state index in [0.717, 1.165) is 22.3 Å². The first-order valence-corrected chi connectivity index (χ1v) is 21.5. The van der Waals surface area contributed by atoms with Crippen molar-refractivity contribution in [1.82, 2.24) is 24.8 Å². The summed E-state index contributed by atoms with van der Waals surface area (Å²) in [5.41, 5.74) is 3.60. The number of hydrogen-bond acceptors (Lipinski definition) is 10. The van der Waals surface area contributed by atoms with E-state index in [1.807, 2.05) is 84.0 Å². The maximum absolute atomic E-state index is 13.4. The molecule has 0 saturated carbocycles. The Morgan fingerprint density at radius 3 is 1.49 bits per heavy atom. The lowest BCUT2D eigenvalue weighted by molar-refractivity contribution is -0.134. The van der Waals surface area contributed by atoms with Crippen molar-refractivity contribution in [2.24, 2.45) is 0 Å². The number of oxazole rings is 1. The van der Waals surface area contributed by atoms with Gasteiger partial charge in [0.2, 0.25) is 29.5 Å². The van der Waals surface area contributed by atoms with Crippen LogP contribution in [0.5, 0.6) is 0 Å². The number of hydrogen-bond donors (Lipinski definition) is 2. The molecule has 14 nitrogen and oxygen atoms in total. The third-order valence-corrected chi connectivity index (χ3v) is 10.8. The van der Waals surface area contributed by atoms with Gasteiger partial charge in [-0.3, -0.25) is 29.1 Å². The minimum atomic E-state index is -0.381. The van der Waals surface area contributed by atoms with Crippen LogP contribution >= 0.6 is 0 Å². The van der Waals surface area contributed by atoms with Crippen LogP contribution in [0.4, 0.5) is 11.4 Å². The number of likely N-dealkylation sites (tertiary alicyclic amines) is 2. The van der Waals surface area contributed by atoms with Gasteiger partial charge in [0.05, 0.1) is 42.4 Å². The molecule has 0 radical (unpaired) electrons. The van der Waals surface area contributed by atoms with Gasteiger partial charge in [-0.05, 0) is 126 Å². The van der Waals surface area contributed by atoms with Crippen molar-refractivity contribution in [1.29, 1.82) is 0 Å². The van der Waals surface area contributed by atoms with Crippen LogP contribution in [-0.2, 0) is 41.5 Å². The molecule has 0 spiro atoms. The zero-order valence-corrected chi connectivity index (χ0v) is 36.9. The molecular weight excluding hydrogens is 799 g/mol. The van der Waals surface area contributed by atoms with Gasteiger partial charge in [-0.2, -0.15) is 0 Å². The molecule has 3 aromatic heterocycles. The molecular formula is C49H57N7O7. The molecule has 5 heterocycles. The van der Waals surface area contributed by atoms with E-state index in [9.17, 15) is 19.2 Å². The molecule has 2 aromatic carbocycles. The Hall–Kier alpha value is -6.25. The Kier molecular flexibility index (Phi) is 13.8. The van der Waals surface area contributed by atoms with Crippen LogP contribution in [0.3, 0.4) is 0 Å². The quantitative estimate of drug-likeness (QED) is 0.114. The minimum Gasteiger partial charge on any atom is -0.436 e. The van der Waals surface area contributed by atoms with Gasteiger partial charge < -0.3 is 34.3 Å². The first-order chi connectivity index (χ1) is 30.0. The zero-order chi connectivity index (χ0) is 44.7. The van der Waals surface area contributed by atoms with E-state index in [1.54, 1.807) is 71.1 Å².